The van der Waals surface area contributed by atoms with E-state index < -0.39 is 5.97 Å². The molecule has 0 aliphatic carbocycles. The van der Waals surface area contributed by atoms with Gasteiger partial charge in [-0.05, 0) is 13.0 Å². The summed E-state index contributed by atoms with van der Waals surface area (Å²) in [6.45, 7) is 2.32. The molecule has 0 atom stereocenters. The van der Waals surface area contributed by atoms with Crippen molar-refractivity contribution in [3.05, 3.63) is 33.5 Å². The Bertz CT molecular complexity index is 536. The second-order valence-electron chi connectivity index (χ2n) is 3.82. The molecule has 0 aliphatic heterocycles. The van der Waals surface area contributed by atoms with Crippen LogP contribution in [0.3, 0.4) is 0 Å². The van der Waals surface area contributed by atoms with Crippen molar-refractivity contribution in [1.29, 1.82) is 0 Å². The Kier molecular flexibility index (Phi) is 6.61. The Morgan fingerprint density at radius 3 is 2.60 bits per heavy atom. The van der Waals surface area contributed by atoms with Gasteiger partial charge >= 0.3 is 5.97 Å². The smallest absolute Gasteiger partial charge is 0.330 e. The summed E-state index contributed by atoms with van der Waals surface area (Å²) >= 11 is 0. The molecule has 0 saturated heterocycles. The van der Waals surface area contributed by atoms with Crippen LogP contribution in [-0.4, -0.2) is 36.8 Å². The number of aromatic nitrogens is 2. The summed E-state index contributed by atoms with van der Waals surface area (Å²) in [4.78, 5) is 30.1. The van der Waals surface area contributed by atoms with Crippen molar-refractivity contribution in [2.24, 2.45) is 0 Å². The van der Waals surface area contributed by atoms with Gasteiger partial charge in [0.25, 0.3) is 5.56 Å². The van der Waals surface area contributed by atoms with Gasteiger partial charge in [0.2, 0.25) is 0 Å². The highest BCUT2D eigenvalue weighted by Gasteiger charge is 2.09. The van der Waals surface area contributed by atoms with E-state index in [4.69, 9.17) is 14.2 Å². The molecule has 0 spiro atoms. The molecule has 1 aromatic rings. The summed E-state index contributed by atoms with van der Waals surface area (Å²) in [5.74, 6) is -0.117. The first-order valence-electron chi connectivity index (χ1n) is 6.07. The summed E-state index contributed by atoms with van der Waals surface area (Å²) in [7, 11) is 3.00. The molecule has 0 aliphatic rings. The van der Waals surface area contributed by atoms with E-state index in [0.29, 0.717) is 11.5 Å². The molecule has 7 nitrogen and oxygen atoms in total. The van der Waals surface area contributed by atoms with Gasteiger partial charge in [0, 0.05) is 20.3 Å². The molecular weight excluding hydrogens is 264 g/mol. The average molecular weight is 282 g/mol. The zero-order valence-corrected chi connectivity index (χ0v) is 11.8. The van der Waals surface area contributed by atoms with Gasteiger partial charge in [0.1, 0.15) is 12.4 Å². The quantitative estimate of drug-likeness (QED) is 0.583. The van der Waals surface area contributed by atoms with Crippen LogP contribution in [0.4, 0.5) is 0 Å². The molecule has 7 heteroatoms. The molecule has 0 radical (unpaired) electrons. The first-order chi connectivity index (χ1) is 9.62. The average Bonchev–Trinajstić information content (AvgIpc) is 2.39. The van der Waals surface area contributed by atoms with E-state index >= 15 is 0 Å². The van der Waals surface area contributed by atoms with Crippen LogP contribution in [0.1, 0.15) is 24.0 Å². The summed E-state index contributed by atoms with van der Waals surface area (Å²) in [5.41, 5.74) is 0.336. The van der Waals surface area contributed by atoms with Crippen LogP contribution >= 0.6 is 0 Å². The van der Waals surface area contributed by atoms with Gasteiger partial charge in [-0.15, -0.1) is 0 Å². The second kappa shape index (κ2) is 8.23. The van der Waals surface area contributed by atoms with E-state index in [1.54, 1.807) is 6.92 Å². The van der Waals surface area contributed by atoms with Crippen molar-refractivity contribution in [3.63, 3.8) is 0 Å². The number of aromatic amines is 1. The number of carbonyl (C=O) groups excluding carboxylic acids is 1. The lowest BCUT2D eigenvalue weighted by molar-refractivity contribution is -0.137. The number of H-pyrrole nitrogens is 1. The Balaban J connectivity index is 3.10. The Morgan fingerprint density at radius 2 is 2.00 bits per heavy atom. The molecule has 0 aromatic carbocycles. The van der Waals surface area contributed by atoms with Crippen LogP contribution < -0.4 is 5.56 Å². The van der Waals surface area contributed by atoms with Gasteiger partial charge in [-0.2, -0.15) is 0 Å². The van der Waals surface area contributed by atoms with Crippen LogP contribution in [0.25, 0.3) is 6.08 Å². The van der Waals surface area contributed by atoms with E-state index in [-0.39, 0.29) is 30.9 Å². The van der Waals surface area contributed by atoms with E-state index in [0.717, 1.165) is 0 Å². The molecule has 0 saturated carbocycles. The minimum Gasteiger partial charge on any atom is -0.463 e. The van der Waals surface area contributed by atoms with Gasteiger partial charge in [0.05, 0.1) is 24.5 Å². The molecule has 0 bridgehead atoms. The lowest BCUT2D eigenvalue weighted by atomic mass is 10.2. The monoisotopic (exact) mass is 282 g/mol. The molecule has 0 fully saturated rings. The fraction of sp³-hybridized carbons (Fsp3) is 0.462. The molecule has 1 aromatic heterocycles. The van der Waals surface area contributed by atoms with Gasteiger partial charge in [-0.3, -0.25) is 4.79 Å². The molecule has 110 valence electrons. The highest BCUT2D eigenvalue weighted by Crippen LogP contribution is 2.06. The van der Waals surface area contributed by atoms with Crippen molar-refractivity contribution >= 4 is 12.0 Å². The Labute approximate surface area is 116 Å². The van der Waals surface area contributed by atoms with Gasteiger partial charge in [-0.25, -0.2) is 9.78 Å². The maximum absolute atomic E-state index is 12.0. The fourth-order valence-electron chi connectivity index (χ4n) is 1.55. The highest BCUT2D eigenvalue weighted by atomic mass is 16.5. The van der Waals surface area contributed by atoms with Crippen LogP contribution in [0.15, 0.2) is 10.9 Å². The highest BCUT2D eigenvalue weighted by molar-refractivity contribution is 5.87. The lowest BCUT2D eigenvalue weighted by Gasteiger charge is -2.06. The predicted octanol–water partition coefficient (Wildman–Crippen LogP) is 0.639. The molecule has 1 heterocycles. The molecule has 0 unspecified atom stereocenters. The van der Waals surface area contributed by atoms with E-state index in [1.165, 1.54) is 26.4 Å². The Morgan fingerprint density at radius 1 is 1.30 bits per heavy atom. The van der Waals surface area contributed by atoms with Crippen LogP contribution in [0.2, 0.25) is 0 Å². The van der Waals surface area contributed by atoms with Crippen molar-refractivity contribution in [3.8, 4) is 0 Å². The topological polar surface area (TPSA) is 90.5 Å². The van der Waals surface area contributed by atoms with Crippen LogP contribution in [0.5, 0.6) is 0 Å². The third-order valence-electron chi connectivity index (χ3n) is 2.32. The number of nitrogens with zero attached hydrogens (tertiary/aromatic N) is 1. The third-order valence-corrected chi connectivity index (χ3v) is 2.32. The summed E-state index contributed by atoms with van der Waals surface area (Å²) < 4.78 is 14.7. The minimum atomic E-state index is -0.517. The van der Waals surface area contributed by atoms with Crippen molar-refractivity contribution in [2.75, 3.05) is 20.8 Å². The van der Waals surface area contributed by atoms with Crippen molar-refractivity contribution < 1.29 is 19.0 Å². The fourth-order valence-corrected chi connectivity index (χ4v) is 1.55. The number of carbonyl (C=O) groups is 1. The van der Waals surface area contributed by atoms with Gasteiger partial charge in [-0.1, -0.05) is 0 Å². The zero-order valence-electron chi connectivity index (χ0n) is 11.8. The first-order valence-corrected chi connectivity index (χ1v) is 6.07. The van der Waals surface area contributed by atoms with Crippen LogP contribution in [0, 0.1) is 0 Å². The van der Waals surface area contributed by atoms with E-state index in [2.05, 4.69) is 9.97 Å². The van der Waals surface area contributed by atoms with Gasteiger partial charge in [0.15, 0.2) is 0 Å². The standard InChI is InChI=1S/C13H18N2O5/c1-4-20-12(16)6-5-9-10(7-18-2)14-11(8-19-3)15-13(9)17/h5-6H,4,7-8H2,1-3H3,(H,14,15,17)/b6-5+. The van der Waals surface area contributed by atoms with Crippen LogP contribution in [-0.2, 0) is 32.2 Å². The zero-order chi connectivity index (χ0) is 15.0. The maximum Gasteiger partial charge on any atom is 0.330 e. The van der Waals surface area contributed by atoms with Crippen molar-refractivity contribution in [2.45, 2.75) is 20.1 Å². The number of rotatable bonds is 7. The number of esters is 1. The maximum atomic E-state index is 12.0. The molecule has 20 heavy (non-hydrogen) atoms. The lowest BCUT2D eigenvalue weighted by Crippen LogP contribution is -2.19. The van der Waals surface area contributed by atoms with E-state index in [9.17, 15) is 9.59 Å². The van der Waals surface area contributed by atoms with E-state index in [1.807, 2.05) is 0 Å². The first kappa shape index (κ1) is 16.1. The SMILES string of the molecule is CCOC(=O)/C=C/c1c(COC)nc(COC)[nH]c1=O. The molecule has 0 amide bonds. The Hall–Kier alpha value is -1.99. The predicted molar refractivity (Wildman–Crippen MR) is 72.0 cm³/mol. The van der Waals surface area contributed by atoms with Crippen molar-refractivity contribution in [1.82, 2.24) is 9.97 Å². The number of ether oxygens (including phenoxy) is 3. The summed E-state index contributed by atoms with van der Waals surface area (Å²) in [5, 5.41) is 0. The number of nitrogens with one attached hydrogen (secondary N) is 1. The van der Waals surface area contributed by atoms with Gasteiger partial charge < -0.3 is 19.2 Å². The largest absolute Gasteiger partial charge is 0.463 e. The number of hydrogen-bond acceptors (Lipinski definition) is 6. The second-order valence-corrected chi connectivity index (χ2v) is 3.82. The number of hydrogen-bond donors (Lipinski definition) is 1. The molecule has 1 rings (SSSR count). The normalized spacial score (nSPS) is 10.9. The molecular formula is C13H18N2O5. The minimum absolute atomic E-state index is 0.156. The summed E-state index contributed by atoms with van der Waals surface area (Å²) in [6.07, 6.45) is 2.56. The third kappa shape index (κ3) is 4.60. The molecule has 1 N–H and O–H groups in total. The number of methoxy groups -OCH3 is 2. The summed E-state index contributed by atoms with van der Waals surface area (Å²) in [6, 6.07) is 0.